The summed E-state index contributed by atoms with van der Waals surface area (Å²) in [6.07, 6.45) is 1.23. The van der Waals surface area contributed by atoms with E-state index < -0.39 is 0 Å². The summed E-state index contributed by atoms with van der Waals surface area (Å²) in [5.41, 5.74) is 2.46. The van der Waals surface area contributed by atoms with Crippen molar-refractivity contribution in [2.75, 3.05) is 46.4 Å². The maximum Gasteiger partial charge on any atom is 0.191 e. The molecule has 0 aromatic heterocycles. The Kier molecular flexibility index (Phi) is 10.3. The first-order valence-corrected chi connectivity index (χ1v) is 10.5. The van der Waals surface area contributed by atoms with Gasteiger partial charge in [0, 0.05) is 46.4 Å². The Morgan fingerprint density at radius 2 is 2.07 bits per heavy atom. The largest absolute Gasteiger partial charge is 0.377 e. The van der Waals surface area contributed by atoms with Gasteiger partial charge in [0.2, 0.25) is 0 Å². The van der Waals surface area contributed by atoms with Crippen LogP contribution in [0.5, 0.6) is 0 Å². The van der Waals surface area contributed by atoms with Gasteiger partial charge in [0.25, 0.3) is 0 Å². The first-order chi connectivity index (χ1) is 13.6. The average Bonchev–Trinajstić information content (AvgIpc) is 2.69. The Morgan fingerprint density at radius 3 is 2.79 bits per heavy atom. The van der Waals surface area contributed by atoms with E-state index in [-0.39, 0.29) is 6.10 Å². The minimum Gasteiger partial charge on any atom is -0.377 e. The maximum absolute atomic E-state index is 5.92. The van der Waals surface area contributed by atoms with Crippen molar-refractivity contribution < 1.29 is 9.47 Å². The van der Waals surface area contributed by atoms with E-state index in [0.717, 1.165) is 58.3 Å². The third-order valence-corrected chi connectivity index (χ3v) is 4.74. The summed E-state index contributed by atoms with van der Waals surface area (Å²) in [5, 5.41) is 6.82. The van der Waals surface area contributed by atoms with Crippen LogP contribution < -0.4 is 10.6 Å². The Morgan fingerprint density at radius 1 is 1.29 bits per heavy atom. The van der Waals surface area contributed by atoms with Gasteiger partial charge in [-0.25, -0.2) is 0 Å². The van der Waals surface area contributed by atoms with E-state index in [1.807, 2.05) is 0 Å². The Bertz CT molecular complexity index is 592. The smallest absolute Gasteiger partial charge is 0.191 e. The number of hydrogen-bond acceptors (Lipinski definition) is 4. The van der Waals surface area contributed by atoms with Crippen molar-refractivity contribution >= 4 is 5.96 Å². The minimum absolute atomic E-state index is 0.195. The number of benzene rings is 1. The maximum atomic E-state index is 5.92. The Balaban J connectivity index is 1.79. The van der Waals surface area contributed by atoms with Crippen LogP contribution in [-0.4, -0.2) is 63.4 Å². The molecule has 0 spiro atoms. The molecule has 1 aliphatic rings. The van der Waals surface area contributed by atoms with Crippen molar-refractivity contribution in [2.24, 2.45) is 10.9 Å². The van der Waals surface area contributed by atoms with Gasteiger partial charge in [-0.05, 0) is 23.5 Å². The lowest BCUT2D eigenvalue weighted by Crippen LogP contribution is -2.50. The van der Waals surface area contributed by atoms with Crippen LogP contribution in [0.1, 0.15) is 38.3 Å². The summed E-state index contributed by atoms with van der Waals surface area (Å²) in [6.45, 7) is 13.5. The Labute approximate surface area is 170 Å². The quantitative estimate of drug-likeness (QED) is 0.365. The molecule has 1 aliphatic heterocycles. The second-order valence-corrected chi connectivity index (χ2v) is 7.77. The normalized spacial score (nSPS) is 18.5. The van der Waals surface area contributed by atoms with Crippen LogP contribution in [0.4, 0.5) is 0 Å². The molecule has 1 aromatic carbocycles. The fraction of sp³-hybridized carbons (Fsp3) is 0.682. The molecule has 0 amide bonds. The third kappa shape index (κ3) is 8.17. The summed E-state index contributed by atoms with van der Waals surface area (Å²) < 4.78 is 11.6. The predicted octanol–water partition coefficient (Wildman–Crippen LogP) is 2.64. The summed E-state index contributed by atoms with van der Waals surface area (Å²) in [6, 6.07) is 8.39. The second-order valence-electron chi connectivity index (χ2n) is 7.77. The highest BCUT2D eigenvalue weighted by Gasteiger charge is 2.21. The summed E-state index contributed by atoms with van der Waals surface area (Å²) in [4.78, 5) is 6.84. The standard InChI is InChI=1S/C22H38N4O2/c1-5-11-27-17-20-9-7-6-8-19(20)13-24-22(23-4)25-14-21-16-26(10-12-28-21)15-18(2)3/h6-9,18,21H,5,10-17H2,1-4H3,(H2,23,24,25). The van der Waals surface area contributed by atoms with Gasteiger partial charge in [0.05, 0.1) is 19.3 Å². The van der Waals surface area contributed by atoms with Crippen LogP contribution in [0.15, 0.2) is 29.3 Å². The lowest BCUT2D eigenvalue weighted by Gasteiger charge is -2.34. The molecular formula is C22H38N4O2. The monoisotopic (exact) mass is 390 g/mol. The van der Waals surface area contributed by atoms with E-state index in [2.05, 4.69) is 65.6 Å². The zero-order chi connectivity index (χ0) is 20.2. The van der Waals surface area contributed by atoms with E-state index in [4.69, 9.17) is 9.47 Å². The molecule has 0 aliphatic carbocycles. The highest BCUT2D eigenvalue weighted by Crippen LogP contribution is 2.10. The van der Waals surface area contributed by atoms with Crippen LogP contribution in [0.3, 0.4) is 0 Å². The first kappa shape index (κ1) is 22.7. The van der Waals surface area contributed by atoms with E-state index in [0.29, 0.717) is 12.5 Å². The number of rotatable bonds is 10. The van der Waals surface area contributed by atoms with E-state index in [1.165, 1.54) is 11.1 Å². The zero-order valence-electron chi connectivity index (χ0n) is 18.0. The summed E-state index contributed by atoms with van der Waals surface area (Å²) in [7, 11) is 1.80. The minimum atomic E-state index is 0.195. The predicted molar refractivity (Wildman–Crippen MR) is 116 cm³/mol. The van der Waals surface area contributed by atoms with Crippen molar-refractivity contribution in [3.63, 3.8) is 0 Å². The van der Waals surface area contributed by atoms with E-state index in [9.17, 15) is 0 Å². The lowest BCUT2D eigenvalue weighted by molar-refractivity contribution is -0.0284. The molecule has 1 aromatic rings. The van der Waals surface area contributed by atoms with Gasteiger partial charge >= 0.3 is 0 Å². The highest BCUT2D eigenvalue weighted by molar-refractivity contribution is 5.79. The number of ether oxygens (including phenoxy) is 2. The molecule has 0 radical (unpaired) electrons. The van der Waals surface area contributed by atoms with Crippen molar-refractivity contribution in [1.82, 2.24) is 15.5 Å². The zero-order valence-corrected chi connectivity index (χ0v) is 18.0. The fourth-order valence-corrected chi connectivity index (χ4v) is 3.39. The van der Waals surface area contributed by atoms with Gasteiger partial charge in [-0.1, -0.05) is 45.0 Å². The molecule has 1 saturated heterocycles. The van der Waals surface area contributed by atoms with Gasteiger partial charge < -0.3 is 20.1 Å². The first-order valence-electron chi connectivity index (χ1n) is 10.5. The van der Waals surface area contributed by atoms with Crippen LogP contribution in [-0.2, 0) is 22.6 Å². The van der Waals surface area contributed by atoms with Gasteiger partial charge in [-0.3, -0.25) is 9.89 Å². The topological polar surface area (TPSA) is 58.1 Å². The van der Waals surface area contributed by atoms with Crippen LogP contribution >= 0.6 is 0 Å². The Hall–Kier alpha value is -1.63. The number of guanidine groups is 1. The molecule has 0 bridgehead atoms. The SMILES string of the molecule is CCCOCc1ccccc1CNC(=NC)NCC1CN(CC(C)C)CCO1. The van der Waals surface area contributed by atoms with Gasteiger partial charge in [0.15, 0.2) is 5.96 Å². The molecule has 158 valence electrons. The molecule has 6 heteroatoms. The number of hydrogen-bond donors (Lipinski definition) is 2. The number of nitrogens with zero attached hydrogens (tertiary/aromatic N) is 2. The average molecular weight is 391 g/mol. The third-order valence-electron chi connectivity index (χ3n) is 4.74. The molecule has 28 heavy (non-hydrogen) atoms. The van der Waals surface area contributed by atoms with Crippen LogP contribution in [0, 0.1) is 5.92 Å². The molecule has 6 nitrogen and oxygen atoms in total. The van der Waals surface area contributed by atoms with Crippen LogP contribution in [0.2, 0.25) is 0 Å². The molecule has 1 heterocycles. The van der Waals surface area contributed by atoms with Gasteiger partial charge in [0.1, 0.15) is 0 Å². The molecule has 1 unspecified atom stereocenters. The van der Waals surface area contributed by atoms with Crippen molar-refractivity contribution in [1.29, 1.82) is 0 Å². The van der Waals surface area contributed by atoms with E-state index >= 15 is 0 Å². The van der Waals surface area contributed by atoms with Crippen LogP contribution in [0.25, 0.3) is 0 Å². The van der Waals surface area contributed by atoms with Gasteiger partial charge in [-0.2, -0.15) is 0 Å². The fourth-order valence-electron chi connectivity index (χ4n) is 3.39. The molecule has 1 atom stereocenters. The molecule has 2 rings (SSSR count). The molecule has 2 N–H and O–H groups in total. The summed E-state index contributed by atoms with van der Waals surface area (Å²) >= 11 is 0. The number of nitrogens with one attached hydrogen (secondary N) is 2. The molecule has 1 fully saturated rings. The van der Waals surface area contributed by atoms with Gasteiger partial charge in [-0.15, -0.1) is 0 Å². The molecule has 0 saturated carbocycles. The second kappa shape index (κ2) is 12.8. The lowest BCUT2D eigenvalue weighted by atomic mass is 10.1. The van der Waals surface area contributed by atoms with Crippen molar-refractivity contribution in [3.8, 4) is 0 Å². The van der Waals surface area contributed by atoms with E-state index in [1.54, 1.807) is 7.05 Å². The molecular weight excluding hydrogens is 352 g/mol. The summed E-state index contributed by atoms with van der Waals surface area (Å²) in [5.74, 6) is 1.48. The number of aliphatic imine (C=N–C) groups is 1. The van der Waals surface area contributed by atoms with Crippen molar-refractivity contribution in [2.45, 2.75) is 46.4 Å². The number of morpholine rings is 1. The van der Waals surface area contributed by atoms with Crippen molar-refractivity contribution in [3.05, 3.63) is 35.4 Å². The highest BCUT2D eigenvalue weighted by atomic mass is 16.5.